The largest absolute Gasteiger partial charge is 0.491 e. The van der Waals surface area contributed by atoms with E-state index in [-0.39, 0.29) is 12.9 Å². The van der Waals surface area contributed by atoms with E-state index in [2.05, 4.69) is 72.4 Å². The van der Waals surface area contributed by atoms with Gasteiger partial charge >= 0.3 is 0 Å². The van der Waals surface area contributed by atoms with Gasteiger partial charge in [0.05, 0.1) is 25.9 Å². The standard InChI is InChI=1S/C36H46N2O5Si/c1-44(2,3)20-19-40-27-43-35-22-29(21-31-8-4-5-9-33(31)35)26-42-36-24-38-16-14-34(36)30-10-12-32(13-11-30)41-18-17-39-25-28-7-6-15-37-23-28/h4-13,15,21-23,34,36,38H,14,16-20,24-27H2,1-3H3. The van der Waals surface area contributed by atoms with Crippen molar-refractivity contribution in [1.82, 2.24) is 10.3 Å². The third-order valence-electron chi connectivity index (χ3n) is 7.86. The average molecular weight is 615 g/mol. The van der Waals surface area contributed by atoms with E-state index in [4.69, 9.17) is 23.7 Å². The van der Waals surface area contributed by atoms with Crippen molar-refractivity contribution in [2.75, 3.05) is 39.7 Å². The molecule has 44 heavy (non-hydrogen) atoms. The van der Waals surface area contributed by atoms with E-state index < -0.39 is 8.07 Å². The van der Waals surface area contributed by atoms with Crippen LogP contribution in [0.2, 0.25) is 25.7 Å². The Hall–Kier alpha value is -3.27. The van der Waals surface area contributed by atoms with Gasteiger partial charge in [-0.25, -0.2) is 0 Å². The van der Waals surface area contributed by atoms with Gasteiger partial charge in [0.1, 0.15) is 18.1 Å². The van der Waals surface area contributed by atoms with Crippen LogP contribution >= 0.6 is 0 Å². The first-order valence-corrected chi connectivity index (χ1v) is 19.4. The Bertz CT molecular complexity index is 1430. The lowest BCUT2D eigenvalue weighted by molar-refractivity contribution is 0.00981. The smallest absolute Gasteiger partial charge is 0.189 e. The van der Waals surface area contributed by atoms with Crippen LogP contribution in [-0.2, 0) is 27.4 Å². The molecule has 5 rings (SSSR count). The van der Waals surface area contributed by atoms with Gasteiger partial charge in [-0.05, 0) is 71.4 Å². The quantitative estimate of drug-likeness (QED) is 0.0814. The van der Waals surface area contributed by atoms with E-state index in [1.54, 1.807) is 6.20 Å². The van der Waals surface area contributed by atoms with Gasteiger partial charge in [0, 0.05) is 44.9 Å². The SMILES string of the molecule is C[Si](C)(C)CCOCOc1cc(COC2CNCCC2c2ccc(OCCOCc3cccnc3)cc2)cc2ccccc12. The average Bonchev–Trinajstić information content (AvgIpc) is 3.04. The fourth-order valence-electron chi connectivity index (χ4n) is 5.37. The molecular weight excluding hydrogens is 568 g/mol. The number of aromatic nitrogens is 1. The number of hydrogen-bond donors (Lipinski definition) is 1. The van der Waals surface area contributed by atoms with Gasteiger partial charge in [0.2, 0.25) is 0 Å². The zero-order valence-corrected chi connectivity index (χ0v) is 27.3. The number of nitrogens with zero attached hydrogens (tertiary/aromatic N) is 1. The van der Waals surface area contributed by atoms with Crippen molar-refractivity contribution in [3.05, 3.63) is 102 Å². The van der Waals surface area contributed by atoms with Crippen molar-refractivity contribution in [2.45, 2.75) is 57.3 Å². The Morgan fingerprint density at radius 3 is 2.52 bits per heavy atom. The molecule has 0 bridgehead atoms. The minimum Gasteiger partial charge on any atom is -0.491 e. The minimum absolute atomic E-state index is 0.0668. The van der Waals surface area contributed by atoms with Crippen LogP contribution in [-0.4, -0.2) is 58.9 Å². The number of nitrogens with one attached hydrogen (secondary N) is 1. The first-order chi connectivity index (χ1) is 21.4. The van der Waals surface area contributed by atoms with Crippen LogP contribution in [0.5, 0.6) is 11.5 Å². The highest BCUT2D eigenvalue weighted by Crippen LogP contribution is 2.32. The molecule has 0 saturated carbocycles. The van der Waals surface area contributed by atoms with Crippen LogP contribution in [0.4, 0.5) is 0 Å². The molecule has 1 aromatic heterocycles. The summed E-state index contributed by atoms with van der Waals surface area (Å²) in [6.07, 6.45) is 4.67. The van der Waals surface area contributed by atoms with Gasteiger partial charge in [0.25, 0.3) is 0 Å². The fraction of sp³-hybridized carbons (Fsp3) is 0.417. The van der Waals surface area contributed by atoms with Crippen LogP contribution in [0.3, 0.4) is 0 Å². The number of hydrogen-bond acceptors (Lipinski definition) is 7. The third-order valence-corrected chi connectivity index (χ3v) is 9.57. The molecule has 1 saturated heterocycles. The highest BCUT2D eigenvalue weighted by atomic mass is 28.3. The highest BCUT2D eigenvalue weighted by Gasteiger charge is 2.27. The van der Waals surface area contributed by atoms with E-state index in [0.717, 1.165) is 65.6 Å². The zero-order chi connectivity index (χ0) is 30.6. The van der Waals surface area contributed by atoms with Crippen LogP contribution < -0.4 is 14.8 Å². The summed E-state index contributed by atoms with van der Waals surface area (Å²) in [5.41, 5.74) is 3.43. The molecule has 1 aliphatic rings. The number of piperidine rings is 1. The lowest BCUT2D eigenvalue weighted by atomic mass is 9.87. The molecule has 0 amide bonds. The van der Waals surface area contributed by atoms with Crippen molar-refractivity contribution in [1.29, 1.82) is 0 Å². The summed E-state index contributed by atoms with van der Waals surface area (Å²) < 4.78 is 30.2. The lowest BCUT2D eigenvalue weighted by Crippen LogP contribution is -2.40. The van der Waals surface area contributed by atoms with Crippen LogP contribution in [0.1, 0.15) is 29.0 Å². The predicted molar refractivity (Wildman–Crippen MR) is 178 cm³/mol. The maximum Gasteiger partial charge on any atom is 0.189 e. The van der Waals surface area contributed by atoms with Crippen molar-refractivity contribution < 1.29 is 23.7 Å². The van der Waals surface area contributed by atoms with Gasteiger partial charge in [-0.2, -0.15) is 0 Å². The fourth-order valence-corrected chi connectivity index (χ4v) is 6.13. The van der Waals surface area contributed by atoms with Gasteiger partial charge in [0.15, 0.2) is 6.79 Å². The number of fused-ring (bicyclic) bond motifs is 1. The highest BCUT2D eigenvalue weighted by molar-refractivity contribution is 6.76. The molecule has 4 aromatic rings. The summed E-state index contributed by atoms with van der Waals surface area (Å²) in [5, 5.41) is 5.75. The molecule has 7 nitrogen and oxygen atoms in total. The third kappa shape index (κ3) is 9.87. The molecule has 2 heterocycles. The molecule has 2 atom stereocenters. The van der Waals surface area contributed by atoms with E-state index in [1.807, 2.05) is 36.5 Å². The van der Waals surface area contributed by atoms with Gasteiger partial charge in [-0.1, -0.05) is 62.1 Å². The molecule has 234 valence electrons. The van der Waals surface area contributed by atoms with Crippen molar-refractivity contribution >= 4 is 18.8 Å². The number of ether oxygens (including phenoxy) is 5. The zero-order valence-electron chi connectivity index (χ0n) is 26.3. The van der Waals surface area contributed by atoms with Crippen LogP contribution in [0, 0.1) is 0 Å². The maximum absolute atomic E-state index is 6.58. The number of benzene rings is 3. The monoisotopic (exact) mass is 614 g/mol. The Morgan fingerprint density at radius 1 is 0.841 bits per heavy atom. The van der Waals surface area contributed by atoms with Gasteiger partial charge < -0.3 is 29.0 Å². The predicted octanol–water partition coefficient (Wildman–Crippen LogP) is 7.18. The van der Waals surface area contributed by atoms with E-state index in [9.17, 15) is 0 Å². The first-order valence-electron chi connectivity index (χ1n) is 15.7. The Labute approximate surface area is 262 Å². The van der Waals surface area contributed by atoms with E-state index in [0.29, 0.717) is 32.3 Å². The second-order valence-electron chi connectivity index (χ2n) is 12.6. The number of rotatable bonds is 16. The molecule has 0 radical (unpaired) electrons. The molecule has 1 aliphatic heterocycles. The molecule has 1 fully saturated rings. The van der Waals surface area contributed by atoms with E-state index >= 15 is 0 Å². The van der Waals surface area contributed by atoms with Crippen molar-refractivity contribution in [2.24, 2.45) is 0 Å². The molecule has 2 unspecified atom stereocenters. The Morgan fingerprint density at radius 2 is 1.70 bits per heavy atom. The minimum atomic E-state index is -1.13. The summed E-state index contributed by atoms with van der Waals surface area (Å²) in [6, 6.07) is 26.1. The summed E-state index contributed by atoms with van der Waals surface area (Å²) in [7, 11) is -1.13. The Balaban J connectivity index is 1.14. The van der Waals surface area contributed by atoms with Gasteiger partial charge in [-0.3, -0.25) is 4.98 Å². The molecule has 3 aromatic carbocycles. The lowest BCUT2D eigenvalue weighted by Gasteiger charge is -2.32. The molecule has 0 aliphatic carbocycles. The first kappa shape index (κ1) is 32.1. The molecule has 0 spiro atoms. The maximum atomic E-state index is 6.58. The summed E-state index contributed by atoms with van der Waals surface area (Å²) in [6.45, 7) is 11.9. The number of pyridine rings is 1. The van der Waals surface area contributed by atoms with Crippen LogP contribution in [0.15, 0.2) is 85.2 Å². The molecule has 8 heteroatoms. The summed E-state index contributed by atoms with van der Waals surface area (Å²) in [4.78, 5) is 4.11. The summed E-state index contributed by atoms with van der Waals surface area (Å²) in [5.74, 6) is 1.99. The topological polar surface area (TPSA) is 71.1 Å². The van der Waals surface area contributed by atoms with Crippen molar-refractivity contribution in [3.8, 4) is 11.5 Å². The van der Waals surface area contributed by atoms with Crippen LogP contribution in [0.25, 0.3) is 10.8 Å². The molecule has 1 N–H and O–H groups in total. The van der Waals surface area contributed by atoms with Crippen molar-refractivity contribution in [3.63, 3.8) is 0 Å². The normalized spacial score (nSPS) is 17.1. The summed E-state index contributed by atoms with van der Waals surface area (Å²) >= 11 is 0. The van der Waals surface area contributed by atoms with E-state index in [1.165, 1.54) is 5.56 Å². The molecular formula is C36H46N2O5Si. The Kier molecular flexibility index (Phi) is 11.8. The van der Waals surface area contributed by atoms with Gasteiger partial charge in [-0.15, -0.1) is 0 Å². The second-order valence-corrected chi connectivity index (χ2v) is 18.2. The second kappa shape index (κ2) is 16.2.